The Kier molecular flexibility index (Phi) is 6.79. The summed E-state index contributed by atoms with van der Waals surface area (Å²) in [5.41, 5.74) is 3.63. The molecule has 23 heavy (non-hydrogen) atoms. The van der Waals surface area contributed by atoms with Crippen molar-refractivity contribution in [3.8, 4) is 0 Å². The molecular formula is C19H30N2O2. The Hall–Kier alpha value is -1.84. The molecule has 0 N–H and O–H groups in total. The fourth-order valence-electron chi connectivity index (χ4n) is 2.18. The van der Waals surface area contributed by atoms with Gasteiger partial charge in [0.25, 0.3) is 0 Å². The summed E-state index contributed by atoms with van der Waals surface area (Å²) in [6.07, 6.45) is 6.20. The SMILES string of the molecule is CC(C)=CCC/C(C)=C/COC(=O)c1cc(C)nn1C(C)(C)C. The molecule has 0 aromatic carbocycles. The van der Waals surface area contributed by atoms with E-state index in [4.69, 9.17) is 4.74 Å². The molecular weight excluding hydrogens is 288 g/mol. The maximum absolute atomic E-state index is 12.3. The van der Waals surface area contributed by atoms with Crippen LogP contribution in [0, 0.1) is 6.92 Å². The van der Waals surface area contributed by atoms with Gasteiger partial charge < -0.3 is 4.74 Å². The Balaban J connectivity index is 2.63. The van der Waals surface area contributed by atoms with Crippen molar-refractivity contribution in [3.63, 3.8) is 0 Å². The predicted molar refractivity (Wildman–Crippen MR) is 94.7 cm³/mol. The normalized spacial score (nSPS) is 12.2. The van der Waals surface area contributed by atoms with E-state index in [1.165, 1.54) is 11.1 Å². The molecule has 0 bridgehead atoms. The topological polar surface area (TPSA) is 44.1 Å². The third-order valence-corrected chi connectivity index (χ3v) is 3.41. The van der Waals surface area contributed by atoms with Gasteiger partial charge in [0.15, 0.2) is 0 Å². The van der Waals surface area contributed by atoms with E-state index in [0.717, 1.165) is 18.5 Å². The van der Waals surface area contributed by atoms with Crippen molar-refractivity contribution >= 4 is 5.97 Å². The average molecular weight is 318 g/mol. The van der Waals surface area contributed by atoms with Crippen LogP contribution in [-0.4, -0.2) is 22.4 Å². The minimum absolute atomic E-state index is 0.251. The maximum Gasteiger partial charge on any atom is 0.356 e. The lowest BCUT2D eigenvalue weighted by molar-refractivity contribution is 0.0526. The highest BCUT2D eigenvalue weighted by atomic mass is 16.5. The number of rotatable bonds is 6. The largest absolute Gasteiger partial charge is 0.457 e. The second-order valence-electron chi connectivity index (χ2n) is 7.22. The molecule has 1 rings (SSSR count). The van der Waals surface area contributed by atoms with Crippen molar-refractivity contribution in [3.05, 3.63) is 40.8 Å². The Morgan fingerprint density at radius 2 is 1.91 bits per heavy atom. The van der Waals surface area contributed by atoms with Crippen LogP contribution in [-0.2, 0) is 10.3 Å². The molecule has 128 valence electrons. The summed E-state index contributed by atoms with van der Waals surface area (Å²) < 4.78 is 7.12. The zero-order valence-electron chi connectivity index (χ0n) is 15.6. The molecule has 0 amide bonds. The minimum atomic E-state index is -0.325. The van der Waals surface area contributed by atoms with Crippen molar-refractivity contribution in [2.24, 2.45) is 0 Å². The molecule has 0 aliphatic rings. The van der Waals surface area contributed by atoms with Crippen LogP contribution in [0.5, 0.6) is 0 Å². The molecule has 0 unspecified atom stereocenters. The number of carbonyl (C=O) groups excluding carboxylic acids is 1. The number of carbonyl (C=O) groups is 1. The van der Waals surface area contributed by atoms with Crippen LogP contribution in [0.4, 0.5) is 0 Å². The van der Waals surface area contributed by atoms with E-state index >= 15 is 0 Å². The van der Waals surface area contributed by atoms with E-state index in [1.807, 2.05) is 33.8 Å². The number of aryl methyl sites for hydroxylation is 1. The first-order chi connectivity index (χ1) is 10.6. The minimum Gasteiger partial charge on any atom is -0.457 e. The lowest BCUT2D eigenvalue weighted by Gasteiger charge is -2.21. The number of nitrogens with zero attached hydrogens (tertiary/aromatic N) is 2. The van der Waals surface area contributed by atoms with Crippen LogP contribution >= 0.6 is 0 Å². The van der Waals surface area contributed by atoms with E-state index in [9.17, 15) is 4.79 Å². The lowest BCUT2D eigenvalue weighted by Crippen LogP contribution is -2.27. The Morgan fingerprint density at radius 1 is 1.26 bits per heavy atom. The molecule has 0 saturated heterocycles. The fraction of sp³-hybridized carbons (Fsp3) is 0.579. The van der Waals surface area contributed by atoms with Gasteiger partial charge >= 0.3 is 5.97 Å². The van der Waals surface area contributed by atoms with E-state index in [1.54, 1.807) is 10.7 Å². The molecule has 0 aliphatic heterocycles. The van der Waals surface area contributed by atoms with Gasteiger partial charge in [0.1, 0.15) is 12.3 Å². The molecule has 4 heteroatoms. The second-order valence-corrected chi connectivity index (χ2v) is 7.22. The molecule has 1 aromatic rings. The van der Waals surface area contributed by atoms with Gasteiger partial charge in [0.2, 0.25) is 0 Å². The monoisotopic (exact) mass is 318 g/mol. The fourth-order valence-corrected chi connectivity index (χ4v) is 2.18. The van der Waals surface area contributed by atoms with Crippen LogP contribution in [0.25, 0.3) is 0 Å². The summed E-state index contributed by atoms with van der Waals surface area (Å²) in [6, 6.07) is 1.78. The first-order valence-electron chi connectivity index (χ1n) is 8.14. The zero-order valence-corrected chi connectivity index (χ0v) is 15.6. The second kappa shape index (κ2) is 8.14. The van der Waals surface area contributed by atoms with Gasteiger partial charge in [0.05, 0.1) is 11.2 Å². The van der Waals surface area contributed by atoms with Gasteiger partial charge in [0, 0.05) is 0 Å². The molecule has 0 aliphatic carbocycles. The highest BCUT2D eigenvalue weighted by Gasteiger charge is 2.23. The molecule has 0 spiro atoms. The summed E-state index contributed by atoms with van der Waals surface area (Å²) in [5.74, 6) is -0.325. The molecule has 0 radical (unpaired) electrons. The summed E-state index contributed by atoms with van der Waals surface area (Å²) in [6.45, 7) is 14.5. The highest BCUT2D eigenvalue weighted by Crippen LogP contribution is 2.18. The van der Waals surface area contributed by atoms with E-state index < -0.39 is 0 Å². The number of ether oxygens (including phenoxy) is 1. The van der Waals surface area contributed by atoms with Gasteiger partial charge in [-0.05, 0) is 73.5 Å². The number of hydrogen-bond donors (Lipinski definition) is 0. The van der Waals surface area contributed by atoms with Gasteiger partial charge in [-0.1, -0.05) is 17.2 Å². The van der Waals surface area contributed by atoms with Crippen molar-refractivity contribution in [1.29, 1.82) is 0 Å². The van der Waals surface area contributed by atoms with Gasteiger partial charge in [-0.2, -0.15) is 5.10 Å². The quantitative estimate of drug-likeness (QED) is 0.559. The summed E-state index contributed by atoms with van der Waals surface area (Å²) in [4.78, 5) is 12.3. The first kappa shape index (κ1) is 19.2. The number of allylic oxidation sites excluding steroid dienone is 3. The van der Waals surface area contributed by atoms with Crippen LogP contribution in [0.1, 0.15) is 70.6 Å². The van der Waals surface area contributed by atoms with Gasteiger partial charge in [-0.15, -0.1) is 0 Å². The Bertz CT molecular complexity index is 597. The van der Waals surface area contributed by atoms with E-state index in [2.05, 4.69) is 31.9 Å². The summed E-state index contributed by atoms with van der Waals surface area (Å²) in [7, 11) is 0. The predicted octanol–water partition coefficient (Wildman–Crippen LogP) is 4.80. The Morgan fingerprint density at radius 3 is 2.48 bits per heavy atom. The molecule has 1 heterocycles. The maximum atomic E-state index is 12.3. The molecule has 0 saturated carbocycles. The Labute approximate surface area is 140 Å². The van der Waals surface area contributed by atoms with Crippen LogP contribution in [0.15, 0.2) is 29.4 Å². The number of aromatic nitrogens is 2. The van der Waals surface area contributed by atoms with Crippen molar-refractivity contribution in [2.45, 2.75) is 66.8 Å². The highest BCUT2D eigenvalue weighted by molar-refractivity contribution is 5.87. The smallest absolute Gasteiger partial charge is 0.356 e. The van der Waals surface area contributed by atoms with Crippen molar-refractivity contribution in [2.75, 3.05) is 6.61 Å². The summed E-state index contributed by atoms with van der Waals surface area (Å²) >= 11 is 0. The molecule has 1 aromatic heterocycles. The van der Waals surface area contributed by atoms with Crippen molar-refractivity contribution < 1.29 is 9.53 Å². The summed E-state index contributed by atoms with van der Waals surface area (Å²) in [5, 5.41) is 4.40. The van der Waals surface area contributed by atoms with Gasteiger partial charge in [-0.3, -0.25) is 4.68 Å². The molecule has 4 nitrogen and oxygen atoms in total. The average Bonchev–Trinajstić information content (AvgIpc) is 2.80. The molecule has 0 fully saturated rings. The van der Waals surface area contributed by atoms with Crippen LogP contribution in [0.3, 0.4) is 0 Å². The lowest BCUT2D eigenvalue weighted by atomic mass is 10.1. The number of esters is 1. The van der Waals surface area contributed by atoms with Gasteiger partial charge in [-0.25, -0.2) is 4.79 Å². The van der Waals surface area contributed by atoms with E-state index in [-0.39, 0.29) is 11.5 Å². The standard InChI is InChI=1S/C19H30N2O2/c1-14(2)9-8-10-15(3)11-12-23-18(22)17-13-16(4)20-21(17)19(5,6)7/h9,11,13H,8,10,12H2,1-7H3/b15-11+. The number of hydrogen-bond acceptors (Lipinski definition) is 3. The van der Waals surface area contributed by atoms with E-state index in [0.29, 0.717) is 12.3 Å². The van der Waals surface area contributed by atoms with Crippen LogP contribution in [0.2, 0.25) is 0 Å². The third-order valence-electron chi connectivity index (χ3n) is 3.41. The zero-order chi connectivity index (χ0) is 17.6. The van der Waals surface area contributed by atoms with Crippen molar-refractivity contribution in [1.82, 2.24) is 9.78 Å². The first-order valence-corrected chi connectivity index (χ1v) is 8.14. The molecule has 0 atom stereocenters. The van der Waals surface area contributed by atoms with Crippen LogP contribution < -0.4 is 0 Å². The third kappa shape index (κ3) is 6.43.